The predicted octanol–water partition coefficient (Wildman–Crippen LogP) is 3.56. The number of piperazine rings is 1. The summed E-state index contributed by atoms with van der Waals surface area (Å²) in [5, 5.41) is 20.1. The molecule has 0 spiro atoms. The number of likely N-dealkylation sites (N-methyl/N-ethyl adjacent to an activating group) is 1. The summed E-state index contributed by atoms with van der Waals surface area (Å²) in [7, 11) is 3.52. The first-order valence-electron chi connectivity index (χ1n) is 10.7. The number of fused-ring (bicyclic) bond motifs is 1. The monoisotopic (exact) mass is 555 g/mol. The summed E-state index contributed by atoms with van der Waals surface area (Å²) < 4.78 is 27.1. The molecule has 12 heteroatoms. The van der Waals surface area contributed by atoms with E-state index < -0.39 is 18.0 Å². The number of halogens is 3. The lowest BCUT2D eigenvalue weighted by Gasteiger charge is -2.40. The maximum atomic E-state index is 15.3. The highest BCUT2D eigenvalue weighted by Crippen LogP contribution is 2.41. The number of likely N-dealkylation sites (tertiary alicyclic amines) is 1. The Bertz CT molecular complexity index is 1180. The number of pyridine rings is 1. The molecule has 0 radical (unpaired) electrons. The average molecular weight is 557 g/mol. The van der Waals surface area contributed by atoms with Gasteiger partial charge >= 0.3 is 6.09 Å². The van der Waals surface area contributed by atoms with E-state index in [2.05, 4.69) is 27.0 Å². The van der Waals surface area contributed by atoms with Crippen molar-refractivity contribution in [3.8, 4) is 11.9 Å². The third-order valence-corrected chi connectivity index (χ3v) is 7.62. The van der Waals surface area contributed by atoms with Crippen molar-refractivity contribution >= 4 is 50.2 Å². The van der Waals surface area contributed by atoms with E-state index in [0.717, 1.165) is 0 Å². The molecule has 2 fully saturated rings. The molecule has 0 aliphatic carbocycles. The standard InChI is InChI=1S/C22H24BrClFN5O4/c1-11-8-29(4-5-30(11)22(31)32)20-12-6-14(24)17(23)18(25)19(12)27-21(13(20)7-26)34-16-10-28(2)9-15(16)33-3/h6,11,15-16H,4-5,8-10H2,1-3H3,(H,31,32)/t11-,15-,16-/m1/s1. The van der Waals surface area contributed by atoms with E-state index >= 15 is 4.39 Å². The van der Waals surface area contributed by atoms with Crippen LogP contribution in [0.3, 0.4) is 0 Å². The van der Waals surface area contributed by atoms with Crippen molar-refractivity contribution in [3.63, 3.8) is 0 Å². The SMILES string of the molecule is CO[C@@H]1CN(C)C[C@H]1Oc1nc2c(F)c(Br)c(Cl)cc2c(N2CCN(C(=O)O)[C@H](C)C2)c1C#N. The van der Waals surface area contributed by atoms with Crippen molar-refractivity contribution in [2.45, 2.75) is 25.2 Å². The highest BCUT2D eigenvalue weighted by molar-refractivity contribution is 9.10. The molecular weight excluding hydrogens is 533 g/mol. The van der Waals surface area contributed by atoms with Crippen molar-refractivity contribution < 1.29 is 23.8 Å². The molecule has 0 unspecified atom stereocenters. The van der Waals surface area contributed by atoms with E-state index in [4.69, 9.17) is 21.1 Å². The minimum Gasteiger partial charge on any atom is -0.469 e. The molecule has 34 heavy (non-hydrogen) atoms. The molecule has 1 aromatic heterocycles. The van der Waals surface area contributed by atoms with Crippen molar-refractivity contribution in [2.24, 2.45) is 0 Å². The molecule has 2 aromatic rings. The third kappa shape index (κ3) is 4.35. The molecule has 2 aliphatic heterocycles. The predicted molar refractivity (Wildman–Crippen MR) is 128 cm³/mol. The van der Waals surface area contributed by atoms with Crippen LogP contribution in [0.4, 0.5) is 14.9 Å². The summed E-state index contributed by atoms with van der Waals surface area (Å²) >= 11 is 9.43. The van der Waals surface area contributed by atoms with Gasteiger partial charge < -0.3 is 24.4 Å². The number of methoxy groups -OCH3 is 1. The topological polar surface area (TPSA) is 102 Å². The molecule has 4 rings (SSSR count). The van der Waals surface area contributed by atoms with Gasteiger partial charge in [0, 0.05) is 51.3 Å². The molecule has 182 valence electrons. The molecule has 1 aromatic carbocycles. The van der Waals surface area contributed by atoms with Gasteiger partial charge in [-0.15, -0.1) is 0 Å². The number of amides is 1. The van der Waals surface area contributed by atoms with Crippen molar-refractivity contribution in [3.05, 3.63) is 26.9 Å². The summed E-state index contributed by atoms with van der Waals surface area (Å²) in [5.74, 6) is -0.657. The van der Waals surface area contributed by atoms with Gasteiger partial charge in [-0.25, -0.2) is 14.2 Å². The van der Waals surface area contributed by atoms with Gasteiger partial charge in [0.25, 0.3) is 0 Å². The van der Waals surface area contributed by atoms with Crippen LogP contribution in [0.5, 0.6) is 5.88 Å². The Morgan fingerprint density at radius 3 is 2.68 bits per heavy atom. The van der Waals surface area contributed by atoms with Gasteiger partial charge in [-0.3, -0.25) is 4.90 Å². The first-order chi connectivity index (χ1) is 16.2. The van der Waals surface area contributed by atoms with E-state index in [-0.39, 0.29) is 45.1 Å². The van der Waals surface area contributed by atoms with E-state index in [1.165, 1.54) is 4.90 Å². The Morgan fingerprint density at radius 1 is 1.35 bits per heavy atom. The highest BCUT2D eigenvalue weighted by Gasteiger charge is 2.36. The van der Waals surface area contributed by atoms with Crippen LogP contribution in [0.15, 0.2) is 10.5 Å². The number of nitriles is 1. The number of nitrogens with zero attached hydrogens (tertiary/aromatic N) is 5. The van der Waals surface area contributed by atoms with Gasteiger partial charge in [-0.05, 0) is 36.0 Å². The summed E-state index contributed by atoms with van der Waals surface area (Å²) in [6.45, 7) is 3.84. The molecule has 1 N–H and O–H groups in total. The number of rotatable bonds is 4. The number of hydrogen-bond acceptors (Lipinski definition) is 7. The van der Waals surface area contributed by atoms with Gasteiger partial charge in [0.1, 0.15) is 29.4 Å². The van der Waals surface area contributed by atoms with Crippen molar-refractivity contribution in [2.75, 3.05) is 51.8 Å². The minimum absolute atomic E-state index is 0.00814. The van der Waals surface area contributed by atoms with Crippen LogP contribution in [0.25, 0.3) is 10.9 Å². The lowest BCUT2D eigenvalue weighted by Crippen LogP contribution is -2.54. The smallest absolute Gasteiger partial charge is 0.407 e. The van der Waals surface area contributed by atoms with Crippen LogP contribution >= 0.6 is 27.5 Å². The largest absolute Gasteiger partial charge is 0.469 e. The number of carbonyl (C=O) groups is 1. The van der Waals surface area contributed by atoms with E-state index in [9.17, 15) is 15.2 Å². The lowest BCUT2D eigenvalue weighted by molar-refractivity contribution is 0.0321. The van der Waals surface area contributed by atoms with E-state index in [1.54, 1.807) is 20.1 Å². The van der Waals surface area contributed by atoms with Gasteiger partial charge in [0.15, 0.2) is 5.82 Å². The molecule has 9 nitrogen and oxygen atoms in total. The van der Waals surface area contributed by atoms with Gasteiger partial charge in [-0.1, -0.05) is 11.6 Å². The second kappa shape index (κ2) is 9.70. The Kier molecular flexibility index (Phi) is 7.05. The molecule has 3 atom stereocenters. The molecule has 0 saturated carbocycles. The number of aromatic nitrogens is 1. The van der Waals surface area contributed by atoms with Crippen molar-refractivity contribution in [1.29, 1.82) is 5.26 Å². The zero-order valence-electron chi connectivity index (χ0n) is 18.9. The summed E-state index contributed by atoms with van der Waals surface area (Å²) in [4.78, 5) is 21.2. The highest BCUT2D eigenvalue weighted by atomic mass is 79.9. The first kappa shape index (κ1) is 24.7. The van der Waals surface area contributed by atoms with E-state index in [1.807, 2.05) is 16.8 Å². The van der Waals surface area contributed by atoms with Gasteiger partial charge in [0.2, 0.25) is 5.88 Å². The molecule has 1 amide bonds. The molecule has 2 aliphatic rings. The van der Waals surface area contributed by atoms with Crippen LogP contribution in [-0.2, 0) is 4.74 Å². The van der Waals surface area contributed by atoms with Crippen LogP contribution in [0.1, 0.15) is 12.5 Å². The Hall–Kier alpha value is -2.39. The second-order valence-corrected chi connectivity index (χ2v) is 9.76. The molecular formula is C22H24BrClFN5O4. The quantitative estimate of drug-likeness (QED) is 0.571. The van der Waals surface area contributed by atoms with Crippen LogP contribution in [0, 0.1) is 17.1 Å². The Morgan fingerprint density at radius 2 is 2.06 bits per heavy atom. The van der Waals surface area contributed by atoms with E-state index in [0.29, 0.717) is 37.3 Å². The second-order valence-electron chi connectivity index (χ2n) is 8.56. The Balaban J connectivity index is 1.87. The van der Waals surface area contributed by atoms with Crippen molar-refractivity contribution in [1.82, 2.24) is 14.8 Å². The number of hydrogen-bond donors (Lipinski definition) is 1. The molecule has 0 bridgehead atoms. The zero-order valence-corrected chi connectivity index (χ0v) is 21.2. The summed E-state index contributed by atoms with van der Waals surface area (Å²) in [6, 6.07) is 3.40. The van der Waals surface area contributed by atoms with Crippen LogP contribution in [-0.4, -0.2) is 91.1 Å². The lowest BCUT2D eigenvalue weighted by atomic mass is 10.0. The number of benzene rings is 1. The normalized spacial score (nSPS) is 23.4. The summed E-state index contributed by atoms with van der Waals surface area (Å²) in [6.07, 6.45) is -1.65. The maximum Gasteiger partial charge on any atom is 0.407 e. The van der Waals surface area contributed by atoms with Gasteiger partial charge in [0.05, 0.1) is 15.2 Å². The maximum absolute atomic E-state index is 15.3. The zero-order chi connectivity index (χ0) is 24.7. The minimum atomic E-state index is -1.01. The number of anilines is 1. The molecule has 2 saturated heterocycles. The fourth-order valence-corrected chi connectivity index (χ4v) is 5.13. The average Bonchev–Trinajstić information content (AvgIpc) is 3.16. The van der Waals surface area contributed by atoms with Crippen LogP contribution in [0.2, 0.25) is 5.02 Å². The summed E-state index contributed by atoms with van der Waals surface area (Å²) in [5.41, 5.74) is 0.576. The third-order valence-electron chi connectivity index (χ3n) is 6.32. The first-order valence-corrected chi connectivity index (χ1v) is 11.9. The number of carboxylic acid groups (broad SMARTS) is 1. The number of ether oxygens (including phenoxy) is 2. The Labute approximate surface area is 209 Å². The van der Waals surface area contributed by atoms with Gasteiger partial charge in [-0.2, -0.15) is 5.26 Å². The van der Waals surface area contributed by atoms with Crippen LogP contribution < -0.4 is 9.64 Å². The fourth-order valence-electron chi connectivity index (χ4n) is 4.63. The fraction of sp³-hybridized carbons (Fsp3) is 0.500. The molecule has 3 heterocycles.